The average molecular weight is 216 g/mol. The van der Waals surface area contributed by atoms with E-state index in [0.29, 0.717) is 6.61 Å². The number of hydrogen-bond donors (Lipinski definition) is 1. The highest BCUT2D eigenvalue weighted by Crippen LogP contribution is 2.43. The minimum absolute atomic E-state index is 0.00857. The zero-order valence-corrected chi connectivity index (χ0v) is 8.88. The summed E-state index contributed by atoms with van der Waals surface area (Å²) in [5.41, 5.74) is 0. The van der Waals surface area contributed by atoms with Crippen LogP contribution in [0.15, 0.2) is 0 Å². The van der Waals surface area contributed by atoms with Crippen molar-refractivity contribution in [1.29, 1.82) is 0 Å². The highest BCUT2D eigenvalue weighted by molar-refractivity contribution is 5.06. The third-order valence-electron chi connectivity index (χ3n) is 3.16. The van der Waals surface area contributed by atoms with Crippen LogP contribution in [0, 0.1) is 0 Å². The first-order valence-electron chi connectivity index (χ1n) is 5.34. The summed E-state index contributed by atoms with van der Waals surface area (Å²) in [6.07, 6.45) is -0.204. The van der Waals surface area contributed by atoms with Crippen LogP contribution in [-0.4, -0.2) is 54.6 Å². The lowest BCUT2D eigenvalue weighted by molar-refractivity contribution is -0.165. The molecule has 0 radical (unpaired) electrons. The van der Waals surface area contributed by atoms with E-state index >= 15 is 0 Å². The maximum atomic E-state index is 9.05. The normalized spacial score (nSPS) is 51.8. The molecule has 0 spiro atoms. The van der Waals surface area contributed by atoms with Crippen molar-refractivity contribution < 1.29 is 24.1 Å². The molecule has 0 bridgehead atoms. The quantitative estimate of drug-likeness (QED) is 0.640. The highest BCUT2D eigenvalue weighted by atomic mass is 16.8. The lowest BCUT2D eigenvalue weighted by atomic mass is 10.1. The second-order valence-corrected chi connectivity index (χ2v) is 4.75. The second kappa shape index (κ2) is 3.15. The molecule has 5 heteroatoms. The van der Waals surface area contributed by atoms with E-state index < -0.39 is 5.79 Å². The molecule has 0 aromatic carbocycles. The molecule has 0 amide bonds. The lowest BCUT2D eigenvalue weighted by Gasteiger charge is -2.22. The van der Waals surface area contributed by atoms with Gasteiger partial charge in [-0.2, -0.15) is 0 Å². The number of rotatable bonds is 2. The molecule has 3 aliphatic rings. The van der Waals surface area contributed by atoms with Gasteiger partial charge in [0.25, 0.3) is 0 Å². The molecular formula is C10H16O5. The van der Waals surface area contributed by atoms with E-state index in [4.69, 9.17) is 24.1 Å². The van der Waals surface area contributed by atoms with Gasteiger partial charge in [0.05, 0.1) is 13.2 Å². The fraction of sp³-hybridized carbons (Fsp3) is 1.00. The van der Waals surface area contributed by atoms with Crippen LogP contribution in [0.4, 0.5) is 0 Å². The van der Waals surface area contributed by atoms with Crippen molar-refractivity contribution in [3.05, 3.63) is 0 Å². The van der Waals surface area contributed by atoms with Gasteiger partial charge in [0.2, 0.25) is 0 Å². The van der Waals surface area contributed by atoms with Gasteiger partial charge < -0.3 is 24.1 Å². The van der Waals surface area contributed by atoms with E-state index in [1.807, 2.05) is 13.8 Å². The smallest absolute Gasteiger partial charge is 0.163 e. The van der Waals surface area contributed by atoms with Crippen molar-refractivity contribution in [3.63, 3.8) is 0 Å². The summed E-state index contributed by atoms with van der Waals surface area (Å²) < 4.78 is 22.3. The Balaban J connectivity index is 1.65. The van der Waals surface area contributed by atoms with Crippen LogP contribution < -0.4 is 0 Å². The zero-order valence-electron chi connectivity index (χ0n) is 8.88. The fourth-order valence-corrected chi connectivity index (χ4v) is 2.38. The van der Waals surface area contributed by atoms with Crippen molar-refractivity contribution in [2.75, 3.05) is 13.2 Å². The van der Waals surface area contributed by atoms with E-state index in [0.717, 1.165) is 0 Å². The fourth-order valence-electron chi connectivity index (χ4n) is 2.38. The van der Waals surface area contributed by atoms with Crippen LogP contribution in [0.3, 0.4) is 0 Å². The third kappa shape index (κ3) is 1.59. The molecular weight excluding hydrogens is 200 g/mol. The molecule has 5 atom stereocenters. The number of aliphatic hydroxyl groups excluding tert-OH is 1. The highest BCUT2D eigenvalue weighted by Gasteiger charge is 2.61. The Morgan fingerprint density at radius 2 is 2.00 bits per heavy atom. The molecule has 3 aliphatic heterocycles. The minimum Gasteiger partial charge on any atom is -0.394 e. The second-order valence-electron chi connectivity index (χ2n) is 4.75. The van der Waals surface area contributed by atoms with Gasteiger partial charge in [0, 0.05) is 0 Å². The van der Waals surface area contributed by atoms with E-state index in [9.17, 15) is 0 Å². The Hall–Kier alpha value is -0.200. The molecule has 0 aromatic rings. The minimum atomic E-state index is -0.532. The Kier molecular flexibility index (Phi) is 2.10. The summed E-state index contributed by atoms with van der Waals surface area (Å²) in [5, 5.41) is 9.05. The SMILES string of the molecule is CC1(C)OC[C@H]([C@H]2O[C@@H](CO)[C@H]3O[C@H]32)O1. The maximum Gasteiger partial charge on any atom is 0.163 e. The van der Waals surface area contributed by atoms with Crippen LogP contribution in [0.1, 0.15) is 13.8 Å². The zero-order chi connectivity index (χ0) is 10.6. The van der Waals surface area contributed by atoms with Gasteiger partial charge in [0.15, 0.2) is 5.79 Å². The van der Waals surface area contributed by atoms with E-state index in [2.05, 4.69) is 0 Å². The van der Waals surface area contributed by atoms with Gasteiger partial charge >= 0.3 is 0 Å². The van der Waals surface area contributed by atoms with Crippen molar-refractivity contribution in [1.82, 2.24) is 0 Å². The molecule has 0 aliphatic carbocycles. The standard InChI is InChI=1S/C10H16O5/c1-10(2)12-4-6(15-10)8-9-7(14-9)5(3-11)13-8/h5-9,11H,3-4H2,1-2H3/t5-,6+,7+,8+,9+/m0/s1. The molecule has 3 fully saturated rings. The Morgan fingerprint density at radius 3 is 2.53 bits per heavy atom. The predicted octanol–water partition coefficient (Wildman–Crippen LogP) is -0.335. The van der Waals surface area contributed by atoms with E-state index in [1.165, 1.54) is 0 Å². The summed E-state index contributed by atoms with van der Waals surface area (Å²) in [4.78, 5) is 0. The number of ether oxygens (including phenoxy) is 4. The number of hydrogen-bond acceptors (Lipinski definition) is 5. The first-order valence-corrected chi connectivity index (χ1v) is 5.34. The van der Waals surface area contributed by atoms with Gasteiger partial charge in [-0.25, -0.2) is 0 Å². The van der Waals surface area contributed by atoms with Crippen molar-refractivity contribution in [2.24, 2.45) is 0 Å². The summed E-state index contributed by atoms with van der Waals surface area (Å²) in [7, 11) is 0. The number of aliphatic hydroxyl groups is 1. The first kappa shape index (κ1) is 9.99. The van der Waals surface area contributed by atoms with Crippen LogP contribution in [0.25, 0.3) is 0 Å². The largest absolute Gasteiger partial charge is 0.394 e. The van der Waals surface area contributed by atoms with Crippen molar-refractivity contribution in [3.8, 4) is 0 Å². The molecule has 3 heterocycles. The Bertz CT molecular complexity index is 267. The Labute approximate surface area is 88.3 Å². The molecule has 3 rings (SSSR count). The molecule has 0 unspecified atom stereocenters. The van der Waals surface area contributed by atoms with Gasteiger partial charge in [-0.1, -0.05) is 0 Å². The molecule has 5 nitrogen and oxygen atoms in total. The van der Waals surface area contributed by atoms with Crippen LogP contribution in [0.2, 0.25) is 0 Å². The summed E-state index contributed by atoms with van der Waals surface area (Å²) in [6, 6.07) is 0. The van der Waals surface area contributed by atoms with Crippen LogP contribution in [0.5, 0.6) is 0 Å². The van der Waals surface area contributed by atoms with Gasteiger partial charge in [-0.15, -0.1) is 0 Å². The number of fused-ring (bicyclic) bond motifs is 1. The van der Waals surface area contributed by atoms with Gasteiger partial charge in [-0.3, -0.25) is 0 Å². The molecule has 86 valence electrons. The molecule has 1 N–H and O–H groups in total. The van der Waals surface area contributed by atoms with Crippen molar-refractivity contribution >= 4 is 0 Å². The summed E-state index contributed by atoms with van der Waals surface area (Å²) in [6.45, 7) is 4.31. The van der Waals surface area contributed by atoms with Crippen molar-refractivity contribution in [2.45, 2.75) is 50.2 Å². The number of epoxide rings is 1. The monoisotopic (exact) mass is 216 g/mol. The van der Waals surface area contributed by atoms with E-state index in [1.54, 1.807) is 0 Å². The Morgan fingerprint density at radius 1 is 1.20 bits per heavy atom. The topological polar surface area (TPSA) is 60.5 Å². The maximum absolute atomic E-state index is 9.05. The van der Waals surface area contributed by atoms with Crippen LogP contribution in [-0.2, 0) is 18.9 Å². The lowest BCUT2D eigenvalue weighted by Crippen LogP contribution is -2.36. The average Bonchev–Trinajstić information content (AvgIpc) is 2.76. The molecule has 3 saturated heterocycles. The molecule has 0 saturated carbocycles. The molecule has 0 aromatic heterocycles. The van der Waals surface area contributed by atoms with Gasteiger partial charge in [0.1, 0.15) is 30.5 Å². The van der Waals surface area contributed by atoms with E-state index in [-0.39, 0.29) is 37.1 Å². The van der Waals surface area contributed by atoms with Gasteiger partial charge in [-0.05, 0) is 13.8 Å². The van der Waals surface area contributed by atoms with Crippen LogP contribution >= 0.6 is 0 Å². The summed E-state index contributed by atoms with van der Waals surface area (Å²) >= 11 is 0. The first-order chi connectivity index (χ1) is 7.11. The molecule has 15 heavy (non-hydrogen) atoms. The summed E-state index contributed by atoms with van der Waals surface area (Å²) in [5.74, 6) is -0.532. The predicted molar refractivity (Wildman–Crippen MR) is 49.3 cm³/mol. The third-order valence-corrected chi connectivity index (χ3v) is 3.16.